The fraction of sp³-hybridized carbons (Fsp3) is 0.455. The van der Waals surface area contributed by atoms with Crippen molar-refractivity contribution in [1.82, 2.24) is 0 Å². The van der Waals surface area contributed by atoms with Crippen LogP contribution >= 0.6 is 0 Å². The van der Waals surface area contributed by atoms with Gasteiger partial charge in [0.2, 0.25) is 0 Å². The molecule has 196 valence electrons. The molecule has 2 aromatic carbocycles. The number of sulfonamides is 1. The van der Waals surface area contributed by atoms with Crippen molar-refractivity contribution in [3.63, 3.8) is 0 Å². The van der Waals surface area contributed by atoms with Gasteiger partial charge in [-0.3, -0.25) is 4.72 Å². The maximum absolute atomic E-state index is 13.3. The first-order valence-electron chi connectivity index (χ1n) is 10.1. The summed E-state index contributed by atoms with van der Waals surface area (Å²) in [5.41, 5.74) is 2.82. The Bertz CT molecular complexity index is 1170. The van der Waals surface area contributed by atoms with Crippen LogP contribution in [0.25, 0.3) is 0 Å². The van der Waals surface area contributed by atoms with Crippen LogP contribution in [0.2, 0.25) is 0 Å². The molecular formula is C22H24F7NO4S. The van der Waals surface area contributed by atoms with Crippen LogP contribution in [0.1, 0.15) is 27.8 Å². The predicted molar refractivity (Wildman–Crippen MR) is 115 cm³/mol. The SMILES string of the molecule is Cc1c(C)c(C)c(S(=O)(=O)Nc2cc(OCC(F)(F)F)cc(OCC(F)(F)C(F)F)c2)c(C)c1C. The zero-order valence-electron chi connectivity index (χ0n) is 19.4. The van der Waals surface area contributed by atoms with Crippen LogP contribution in [0.15, 0.2) is 23.1 Å². The fourth-order valence-corrected chi connectivity index (χ4v) is 4.92. The molecule has 0 saturated carbocycles. The van der Waals surface area contributed by atoms with Crippen LogP contribution in [0.4, 0.5) is 36.4 Å². The van der Waals surface area contributed by atoms with Crippen LogP contribution in [0, 0.1) is 34.6 Å². The predicted octanol–water partition coefficient (Wildman–Crippen LogP) is 6.25. The van der Waals surface area contributed by atoms with Gasteiger partial charge < -0.3 is 9.47 Å². The van der Waals surface area contributed by atoms with Gasteiger partial charge in [-0.1, -0.05) is 0 Å². The van der Waals surface area contributed by atoms with Crippen LogP contribution in [-0.4, -0.2) is 40.2 Å². The topological polar surface area (TPSA) is 64.6 Å². The van der Waals surface area contributed by atoms with Crippen LogP contribution < -0.4 is 14.2 Å². The number of alkyl halides is 7. The number of hydrogen-bond acceptors (Lipinski definition) is 4. The highest BCUT2D eigenvalue weighted by atomic mass is 32.2. The van der Waals surface area contributed by atoms with Crippen molar-refractivity contribution in [2.24, 2.45) is 0 Å². The molecule has 0 bridgehead atoms. The molecule has 0 unspecified atom stereocenters. The summed E-state index contributed by atoms with van der Waals surface area (Å²) in [6.45, 7) is 4.90. The maximum atomic E-state index is 13.3. The van der Waals surface area contributed by atoms with E-state index in [0.717, 1.165) is 23.8 Å². The molecule has 0 spiro atoms. The monoisotopic (exact) mass is 531 g/mol. The molecule has 0 fully saturated rings. The van der Waals surface area contributed by atoms with Crippen LogP contribution in [0.5, 0.6) is 11.5 Å². The maximum Gasteiger partial charge on any atom is 0.422 e. The van der Waals surface area contributed by atoms with Crippen molar-refractivity contribution in [1.29, 1.82) is 0 Å². The Hall–Kier alpha value is -2.70. The Morgan fingerprint density at radius 3 is 1.63 bits per heavy atom. The minimum atomic E-state index is -4.76. The number of nitrogens with one attached hydrogen (secondary N) is 1. The fourth-order valence-electron chi connectivity index (χ4n) is 3.28. The molecule has 35 heavy (non-hydrogen) atoms. The van der Waals surface area contributed by atoms with Gasteiger partial charge >= 0.3 is 18.5 Å². The summed E-state index contributed by atoms with van der Waals surface area (Å²) in [5, 5.41) is 0. The van der Waals surface area contributed by atoms with Gasteiger partial charge in [0.1, 0.15) is 11.5 Å². The van der Waals surface area contributed by atoms with Gasteiger partial charge in [0, 0.05) is 18.2 Å². The van der Waals surface area contributed by atoms with Crippen molar-refractivity contribution in [3.05, 3.63) is 46.0 Å². The van der Waals surface area contributed by atoms with Crippen molar-refractivity contribution < 1.29 is 48.6 Å². The summed E-state index contributed by atoms with van der Waals surface area (Å²) in [5.74, 6) is -5.73. The first-order chi connectivity index (χ1) is 15.9. The molecule has 0 aromatic heterocycles. The molecule has 0 heterocycles. The van der Waals surface area contributed by atoms with E-state index in [-0.39, 0.29) is 10.6 Å². The van der Waals surface area contributed by atoms with Gasteiger partial charge in [-0.15, -0.1) is 0 Å². The Morgan fingerprint density at radius 1 is 0.771 bits per heavy atom. The molecule has 0 radical (unpaired) electrons. The lowest BCUT2D eigenvalue weighted by Crippen LogP contribution is -2.33. The number of halogens is 7. The van der Waals surface area contributed by atoms with Crippen molar-refractivity contribution in [3.8, 4) is 11.5 Å². The Morgan fingerprint density at radius 2 is 1.20 bits per heavy atom. The molecule has 2 rings (SSSR count). The molecule has 0 aliphatic carbocycles. The van der Waals surface area contributed by atoms with Gasteiger partial charge in [0.25, 0.3) is 10.0 Å². The second-order valence-corrected chi connectivity index (χ2v) is 9.63. The van der Waals surface area contributed by atoms with Crippen molar-refractivity contribution in [2.45, 2.75) is 58.0 Å². The Kier molecular flexibility index (Phi) is 8.25. The summed E-state index contributed by atoms with van der Waals surface area (Å²) in [4.78, 5) is -0.0635. The summed E-state index contributed by atoms with van der Waals surface area (Å²) in [6.07, 6.45) is -8.81. The summed E-state index contributed by atoms with van der Waals surface area (Å²) in [6, 6.07) is 2.51. The lowest BCUT2D eigenvalue weighted by molar-refractivity contribution is -0.153. The number of ether oxygens (including phenoxy) is 2. The largest absolute Gasteiger partial charge is 0.487 e. The standard InChI is InChI=1S/C22H24F7NO4S/c1-11-12(2)14(4)19(15(5)13(11)3)35(31,32)30-16-6-17(33-9-21(25,26)20(23)24)8-18(7-16)34-10-22(27,28)29/h6-8,20,30H,9-10H2,1-5H3. The second kappa shape index (κ2) is 10.1. The zero-order chi connectivity index (χ0) is 26.9. The summed E-state index contributed by atoms with van der Waals surface area (Å²) < 4.78 is 127. The molecule has 0 atom stereocenters. The van der Waals surface area contributed by atoms with E-state index < -0.39 is 53.3 Å². The van der Waals surface area contributed by atoms with E-state index in [2.05, 4.69) is 14.2 Å². The van der Waals surface area contributed by atoms with Gasteiger partial charge in [0.15, 0.2) is 13.2 Å². The van der Waals surface area contributed by atoms with Crippen molar-refractivity contribution in [2.75, 3.05) is 17.9 Å². The average Bonchev–Trinajstić information content (AvgIpc) is 2.72. The van der Waals surface area contributed by atoms with E-state index in [0.29, 0.717) is 22.3 Å². The van der Waals surface area contributed by atoms with E-state index in [1.807, 2.05) is 6.92 Å². The highest BCUT2D eigenvalue weighted by Crippen LogP contribution is 2.34. The lowest BCUT2D eigenvalue weighted by Gasteiger charge is -2.20. The quantitative estimate of drug-likeness (QED) is 0.389. The highest BCUT2D eigenvalue weighted by Gasteiger charge is 2.41. The lowest BCUT2D eigenvalue weighted by atomic mass is 9.95. The van der Waals surface area contributed by atoms with Gasteiger partial charge in [-0.05, 0) is 62.4 Å². The first-order valence-corrected chi connectivity index (χ1v) is 11.6. The third-order valence-electron chi connectivity index (χ3n) is 5.49. The molecule has 1 N–H and O–H groups in total. The molecular weight excluding hydrogens is 507 g/mol. The molecule has 0 saturated heterocycles. The Labute approximate surface area is 198 Å². The van der Waals surface area contributed by atoms with E-state index in [1.165, 1.54) is 0 Å². The Balaban J connectivity index is 2.50. The minimum absolute atomic E-state index is 0.0635. The number of rotatable bonds is 9. The average molecular weight is 531 g/mol. The molecule has 5 nitrogen and oxygen atoms in total. The minimum Gasteiger partial charge on any atom is -0.487 e. The van der Waals surface area contributed by atoms with Crippen molar-refractivity contribution >= 4 is 15.7 Å². The molecule has 13 heteroatoms. The number of anilines is 1. The highest BCUT2D eigenvalue weighted by molar-refractivity contribution is 7.92. The zero-order valence-corrected chi connectivity index (χ0v) is 20.2. The first kappa shape index (κ1) is 28.5. The van der Waals surface area contributed by atoms with Crippen LogP contribution in [-0.2, 0) is 10.0 Å². The van der Waals surface area contributed by atoms with E-state index >= 15 is 0 Å². The summed E-state index contributed by atoms with van der Waals surface area (Å²) in [7, 11) is -4.32. The van der Waals surface area contributed by atoms with Gasteiger partial charge in [-0.25, -0.2) is 17.2 Å². The smallest absolute Gasteiger partial charge is 0.422 e. The van der Waals surface area contributed by atoms with E-state index in [1.54, 1.807) is 27.7 Å². The molecule has 0 amide bonds. The normalized spacial score (nSPS) is 12.7. The molecule has 2 aromatic rings. The van der Waals surface area contributed by atoms with Gasteiger partial charge in [0.05, 0.1) is 10.6 Å². The number of benzene rings is 2. The van der Waals surface area contributed by atoms with E-state index in [9.17, 15) is 39.2 Å². The summed E-state index contributed by atoms with van der Waals surface area (Å²) >= 11 is 0. The third kappa shape index (κ3) is 6.92. The number of hydrogen-bond donors (Lipinski definition) is 1. The van der Waals surface area contributed by atoms with Gasteiger partial charge in [-0.2, -0.15) is 22.0 Å². The van der Waals surface area contributed by atoms with E-state index in [4.69, 9.17) is 0 Å². The second-order valence-electron chi connectivity index (χ2n) is 8.01. The molecule has 0 aliphatic heterocycles. The van der Waals surface area contributed by atoms with Crippen LogP contribution in [0.3, 0.4) is 0 Å². The molecule has 0 aliphatic rings. The third-order valence-corrected chi connectivity index (χ3v) is 7.14.